The molecule has 1 aromatic carbocycles. The summed E-state index contributed by atoms with van der Waals surface area (Å²) in [6.45, 7) is 0. The molecule has 0 radical (unpaired) electrons. The van der Waals surface area contributed by atoms with E-state index in [1.807, 2.05) is 6.07 Å². The van der Waals surface area contributed by atoms with Gasteiger partial charge in [-0.1, -0.05) is 35.5 Å². The molecule has 1 N–H and O–H groups in total. The second kappa shape index (κ2) is 5.00. The number of hydrogen-bond donors (Lipinski definition) is 1. The van der Waals surface area contributed by atoms with E-state index in [9.17, 15) is 10.0 Å². The summed E-state index contributed by atoms with van der Waals surface area (Å²) in [5, 5.41) is 10.3. The van der Waals surface area contributed by atoms with Crippen molar-refractivity contribution in [2.75, 3.05) is 7.11 Å². The Morgan fingerprint density at radius 1 is 1.59 bits per heavy atom. The van der Waals surface area contributed by atoms with E-state index in [1.54, 1.807) is 18.2 Å². The van der Waals surface area contributed by atoms with Gasteiger partial charge in [-0.05, 0) is 17.7 Å². The largest absolute Gasteiger partial charge is 0.465 e. The van der Waals surface area contributed by atoms with E-state index in [2.05, 4.69) is 4.74 Å². The molecule has 4 nitrogen and oxygen atoms in total. The Bertz CT molecular complexity index is 478. The maximum Gasteiger partial charge on any atom is 0.337 e. The number of hydroxylamine groups is 2. The van der Waals surface area contributed by atoms with Crippen LogP contribution in [0.15, 0.2) is 34.8 Å². The van der Waals surface area contributed by atoms with Gasteiger partial charge in [-0.15, -0.1) is 0 Å². The fourth-order valence-electron chi connectivity index (χ4n) is 1.52. The summed E-state index contributed by atoms with van der Waals surface area (Å²) in [7, 11) is 1.33. The summed E-state index contributed by atoms with van der Waals surface area (Å²) in [6.07, 6.45) is 1.43. The Morgan fingerprint density at radius 2 is 2.35 bits per heavy atom. The number of benzene rings is 1. The Kier molecular flexibility index (Phi) is 3.61. The molecule has 0 saturated carbocycles. The highest BCUT2D eigenvalue weighted by Gasteiger charge is 2.25. The maximum atomic E-state index is 11.4. The van der Waals surface area contributed by atoms with Crippen LogP contribution in [0, 0.1) is 0 Å². The minimum absolute atomic E-state index is 0.327. The molecule has 0 amide bonds. The van der Waals surface area contributed by atoms with Crippen LogP contribution in [0.3, 0.4) is 0 Å². The molecule has 2 rings (SSSR count). The number of methoxy groups -OCH3 is 1. The lowest BCUT2D eigenvalue weighted by molar-refractivity contribution is -0.0495. The van der Waals surface area contributed by atoms with Gasteiger partial charge in [-0.25, -0.2) is 9.86 Å². The fraction of sp³-hybridized carbons (Fsp3) is 0.182. The second-order valence-electron chi connectivity index (χ2n) is 3.40. The van der Waals surface area contributed by atoms with Crippen molar-refractivity contribution >= 4 is 29.3 Å². The molecule has 90 valence electrons. The van der Waals surface area contributed by atoms with Crippen molar-refractivity contribution < 1.29 is 14.7 Å². The van der Waals surface area contributed by atoms with Gasteiger partial charge in [0.15, 0.2) is 0 Å². The number of rotatable bonds is 2. The van der Waals surface area contributed by atoms with E-state index in [0.29, 0.717) is 9.93 Å². The van der Waals surface area contributed by atoms with Crippen LogP contribution >= 0.6 is 23.4 Å². The molecular formula is C11H10ClNO3S. The quantitative estimate of drug-likeness (QED) is 0.838. The highest BCUT2D eigenvalue weighted by molar-refractivity contribution is 8.04. The van der Waals surface area contributed by atoms with Crippen molar-refractivity contribution in [3.05, 3.63) is 46.0 Å². The van der Waals surface area contributed by atoms with Crippen LogP contribution in [0.25, 0.3) is 0 Å². The lowest BCUT2D eigenvalue weighted by atomic mass is 10.1. The first-order valence-corrected chi connectivity index (χ1v) is 6.07. The van der Waals surface area contributed by atoms with E-state index in [-0.39, 0.29) is 5.37 Å². The van der Waals surface area contributed by atoms with Gasteiger partial charge in [0.25, 0.3) is 0 Å². The molecule has 1 aliphatic rings. The van der Waals surface area contributed by atoms with Gasteiger partial charge in [-0.3, -0.25) is 5.21 Å². The SMILES string of the molecule is COC(=O)c1cccc(C2SC(Cl)=CN2O)c1. The Morgan fingerprint density at radius 3 is 2.94 bits per heavy atom. The smallest absolute Gasteiger partial charge is 0.337 e. The molecule has 6 heteroatoms. The van der Waals surface area contributed by atoms with Crippen molar-refractivity contribution in [1.29, 1.82) is 0 Å². The number of esters is 1. The van der Waals surface area contributed by atoms with E-state index >= 15 is 0 Å². The predicted molar refractivity (Wildman–Crippen MR) is 65.7 cm³/mol. The number of hydrogen-bond acceptors (Lipinski definition) is 5. The Labute approximate surface area is 108 Å². The van der Waals surface area contributed by atoms with Gasteiger partial charge >= 0.3 is 5.97 Å². The third kappa shape index (κ3) is 2.57. The number of carbonyl (C=O) groups is 1. The Balaban J connectivity index is 2.26. The van der Waals surface area contributed by atoms with Crippen LogP contribution in [0.1, 0.15) is 21.3 Å². The molecule has 0 fully saturated rings. The van der Waals surface area contributed by atoms with Gasteiger partial charge in [0.2, 0.25) is 0 Å². The van der Waals surface area contributed by atoms with Crippen LogP contribution in [-0.2, 0) is 4.74 Å². The zero-order chi connectivity index (χ0) is 12.4. The zero-order valence-corrected chi connectivity index (χ0v) is 10.5. The molecule has 0 aromatic heterocycles. The van der Waals surface area contributed by atoms with Gasteiger partial charge in [0.1, 0.15) is 5.37 Å². The van der Waals surface area contributed by atoms with Gasteiger partial charge in [0, 0.05) is 0 Å². The summed E-state index contributed by atoms with van der Waals surface area (Å²) < 4.78 is 5.14. The van der Waals surface area contributed by atoms with Crippen LogP contribution in [0.4, 0.5) is 0 Å². The molecule has 1 aromatic rings. The number of nitrogens with zero attached hydrogens (tertiary/aromatic N) is 1. The average molecular weight is 272 g/mol. The first-order valence-electron chi connectivity index (χ1n) is 4.81. The van der Waals surface area contributed by atoms with Crippen LogP contribution in [0.5, 0.6) is 0 Å². The van der Waals surface area contributed by atoms with Gasteiger partial charge in [-0.2, -0.15) is 0 Å². The van der Waals surface area contributed by atoms with Crippen molar-refractivity contribution in [3.63, 3.8) is 0 Å². The van der Waals surface area contributed by atoms with E-state index < -0.39 is 5.97 Å². The maximum absolute atomic E-state index is 11.4. The number of halogens is 1. The van der Waals surface area contributed by atoms with Crippen LogP contribution < -0.4 is 0 Å². The van der Waals surface area contributed by atoms with Crippen LogP contribution in [-0.4, -0.2) is 23.3 Å². The third-order valence-corrected chi connectivity index (χ3v) is 3.70. The minimum atomic E-state index is -0.404. The second-order valence-corrected chi connectivity index (χ2v) is 5.15. The molecule has 0 aliphatic carbocycles. The molecule has 1 aliphatic heterocycles. The third-order valence-electron chi connectivity index (χ3n) is 2.29. The summed E-state index contributed by atoms with van der Waals surface area (Å²) in [4.78, 5) is 11.4. The standard InChI is InChI=1S/C11H10ClNO3S/c1-16-11(14)8-4-2-3-7(5-8)10-13(15)6-9(12)17-10/h2-6,10,15H,1H3. The van der Waals surface area contributed by atoms with Gasteiger partial charge in [0.05, 0.1) is 23.2 Å². The topological polar surface area (TPSA) is 49.8 Å². The summed E-state index contributed by atoms with van der Waals surface area (Å²) in [5.74, 6) is -0.404. The van der Waals surface area contributed by atoms with Crippen molar-refractivity contribution in [1.82, 2.24) is 5.06 Å². The predicted octanol–water partition coefficient (Wildman–Crippen LogP) is 2.95. The molecule has 0 spiro atoms. The summed E-state index contributed by atoms with van der Waals surface area (Å²) in [5.41, 5.74) is 1.23. The number of ether oxygens (including phenoxy) is 1. The highest BCUT2D eigenvalue weighted by Crippen LogP contribution is 2.44. The zero-order valence-electron chi connectivity index (χ0n) is 8.96. The molecule has 0 saturated heterocycles. The van der Waals surface area contributed by atoms with Crippen molar-refractivity contribution in [2.24, 2.45) is 0 Å². The minimum Gasteiger partial charge on any atom is -0.465 e. The van der Waals surface area contributed by atoms with Crippen molar-refractivity contribution in [2.45, 2.75) is 5.37 Å². The van der Waals surface area contributed by atoms with E-state index in [0.717, 1.165) is 10.6 Å². The average Bonchev–Trinajstić information content (AvgIpc) is 2.67. The first-order chi connectivity index (χ1) is 8.11. The molecule has 1 atom stereocenters. The first kappa shape index (κ1) is 12.3. The monoisotopic (exact) mass is 271 g/mol. The number of thioether (sulfide) groups is 1. The van der Waals surface area contributed by atoms with Crippen molar-refractivity contribution in [3.8, 4) is 0 Å². The highest BCUT2D eigenvalue weighted by atomic mass is 35.5. The number of carbonyl (C=O) groups excluding carboxylic acids is 1. The lowest BCUT2D eigenvalue weighted by Crippen LogP contribution is -2.13. The fourth-order valence-corrected chi connectivity index (χ4v) is 2.71. The summed E-state index contributed by atoms with van der Waals surface area (Å²) in [6, 6.07) is 6.89. The van der Waals surface area contributed by atoms with E-state index in [1.165, 1.54) is 25.1 Å². The molecule has 0 bridgehead atoms. The lowest BCUT2D eigenvalue weighted by Gasteiger charge is -2.18. The van der Waals surface area contributed by atoms with E-state index in [4.69, 9.17) is 11.6 Å². The normalized spacial score (nSPS) is 19.1. The molecule has 1 heterocycles. The van der Waals surface area contributed by atoms with Crippen LogP contribution in [0.2, 0.25) is 0 Å². The molecular weight excluding hydrogens is 262 g/mol. The van der Waals surface area contributed by atoms with Gasteiger partial charge < -0.3 is 4.74 Å². The summed E-state index contributed by atoms with van der Waals surface area (Å²) >= 11 is 7.12. The molecule has 17 heavy (non-hydrogen) atoms. The Hall–Kier alpha value is -1.17. The molecule has 1 unspecified atom stereocenters.